The van der Waals surface area contributed by atoms with Gasteiger partial charge in [-0.1, -0.05) is 12.1 Å². The van der Waals surface area contributed by atoms with Gasteiger partial charge in [0.1, 0.15) is 11.8 Å². The van der Waals surface area contributed by atoms with Gasteiger partial charge in [-0.25, -0.2) is 9.50 Å². The maximum absolute atomic E-state index is 12.8. The van der Waals surface area contributed by atoms with E-state index in [0.29, 0.717) is 22.9 Å². The number of aromatic nitrogens is 3. The molecule has 0 spiro atoms. The van der Waals surface area contributed by atoms with Gasteiger partial charge in [-0.05, 0) is 37.2 Å². The fourth-order valence-corrected chi connectivity index (χ4v) is 3.13. The Kier molecular flexibility index (Phi) is 4.68. The van der Waals surface area contributed by atoms with Crippen molar-refractivity contribution in [2.75, 3.05) is 36.4 Å². The van der Waals surface area contributed by atoms with Crippen molar-refractivity contribution in [2.45, 2.75) is 6.42 Å². The van der Waals surface area contributed by atoms with E-state index in [0.717, 1.165) is 38.1 Å². The van der Waals surface area contributed by atoms with Crippen LogP contribution in [0, 0.1) is 11.3 Å². The van der Waals surface area contributed by atoms with E-state index in [9.17, 15) is 10.1 Å². The number of nitriles is 1. The summed E-state index contributed by atoms with van der Waals surface area (Å²) in [4.78, 5) is 19.3. The van der Waals surface area contributed by atoms with Gasteiger partial charge < -0.3 is 15.5 Å². The number of carbonyl (C=O) groups excluding carboxylic acids is 1. The van der Waals surface area contributed by atoms with E-state index < -0.39 is 0 Å². The quantitative estimate of drug-likeness (QED) is 0.736. The fraction of sp³-hybridized carbons (Fsp3) is 0.263. The van der Waals surface area contributed by atoms with Crippen molar-refractivity contribution >= 4 is 23.1 Å². The molecule has 4 rings (SSSR count). The Hall–Kier alpha value is -3.44. The Labute approximate surface area is 156 Å². The van der Waals surface area contributed by atoms with Crippen molar-refractivity contribution < 1.29 is 4.79 Å². The third kappa shape index (κ3) is 3.45. The number of carbonyl (C=O) groups is 1. The van der Waals surface area contributed by atoms with E-state index in [4.69, 9.17) is 0 Å². The van der Waals surface area contributed by atoms with Gasteiger partial charge >= 0.3 is 0 Å². The number of hydrogen-bond acceptors (Lipinski definition) is 6. The van der Waals surface area contributed by atoms with Gasteiger partial charge in [-0.3, -0.25) is 4.79 Å². The smallest absolute Gasteiger partial charge is 0.274 e. The van der Waals surface area contributed by atoms with Crippen LogP contribution in [0.2, 0.25) is 0 Å². The molecule has 0 saturated carbocycles. The van der Waals surface area contributed by atoms with Crippen molar-refractivity contribution in [3.8, 4) is 6.07 Å². The molecule has 136 valence electrons. The Morgan fingerprint density at radius 1 is 1.19 bits per heavy atom. The van der Waals surface area contributed by atoms with E-state index in [1.165, 1.54) is 0 Å². The van der Waals surface area contributed by atoms with Crippen molar-refractivity contribution in [3.05, 3.63) is 53.9 Å². The summed E-state index contributed by atoms with van der Waals surface area (Å²) in [5.74, 6) is 0.286. The molecule has 2 N–H and O–H groups in total. The molecular formula is C19H19N7O. The first-order valence-electron chi connectivity index (χ1n) is 8.87. The van der Waals surface area contributed by atoms with Crippen LogP contribution in [0.25, 0.3) is 5.52 Å². The minimum Gasteiger partial charge on any atom is -0.338 e. The van der Waals surface area contributed by atoms with Crippen molar-refractivity contribution in [1.29, 1.82) is 5.26 Å². The molecule has 0 aliphatic carbocycles. The molecular weight excluding hydrogens is 342 g/mol. The summed E-state index contributed by atoms with van der Waals surface area (Å²) in [6.45, 7) is 3.56. The standard InChI is InChI=1S/C19H19N7O/c20-12-14-4-1-2-5-16(14)23-18(27)17-7-6-15-13-22-19(24-26(15)17)25-10-3-8-21-9-11-25/h1-2,4-7,13,21H,3,8-11H2,(H,23,27). The third-order valence-corrected chi connectivity index (χ3v) is 4.54. The second-order valence-corrected chi connectivity index (χ2v) is 6.32. The predicted molar refractivity (Wildman–Crippen MR) is 102 cm³/mol. The molecule has 0 bridgehead atoms. The Bertz CT molecular complexity index is 1010. The molecule has 8 nitrogen and oxygen atoms in total. The SMILES string of the molecule is N#Cc1ccccc1NC(=O)c1ccc2cnc(N3CCCNCC3)nn12. The number of para-hydroxylation sites is 1. The summed E-state index contributed by atoms with van der Waals surface area (Å²) in [6, 6.07) is 12.5. The van der Waals surface area contributed by atoms with E-state index in [-0.39, 0.29) is 5.91 Å². The minimum atomic E-state index is -0.320. The zero-order chi connectivity index (χ0) is 18.6. The van der Waals surface area contributed by atoms with E-state index >= 15 is 0 Å². The van der Waals surface area contributed by atoms with Crippen LogP contribution in [0.15, 0.2) is 42.6 Å². The minimum absolute atomic E-state index is 0.320. The summed E-state index contributed by atoms with van der Waals surface area (Å²) >= 11 is 0. The molecule has 0 unspecified atom stereocenters. The summed E-state index contributed by atoms with van der Waals surface area (Å²) < 4.78 is 1.60. The van der Waals surface area contributed by atoms with Gasteiger partial charge in [0, 0.05) is 19.6 Å². The van der Waals surface area contributed by atoms with Gasteiger partial charge in [0.2, 0.25) is 5.95 Å². The average molecular weight is 361 g/mol. The highest BCUT2D eigenvalue weighted by Gasteiger charge is 2.17. The fourth-order valence-electron chi connectivity index (χ4n) is 3.13. The van der Waals surface area contributed by atoms with Crippen LogP contribution in [0.3, 0.4) is 0 Å². The van der Waals surface area contributed by atoms with Crippen molar-refractivity contribution in [3.63, 3.8) is 0 Å². The molecule has 3 aromatic rings. The lowest BCUT2D eigenvalue weighted by molar-refractivity contribution is 0.102. The van der Waals surface area contributed by atoms with Gasteiger partial charge in [-0.15, -0.1) is 5.10 Å². The number of hydrogen-bond donors (Lipinski definition) is 2. The third-order valence-electron chi connectivity index (χ3n) is 4.54. The Balaban J connectivity index is 1.64. The maximum atomic E-state index is 12.8. The summed E-state index contributed by atoms with van der Waals surface area (Å²) in [6.07, 6.45) is 2.74. The van der Waals surface area contributed by atoms with Gasteiger partial charge in [0.15, 0.2) is 0 Å². The topological polar surface area (TPSA) is 98.3 Å². The first-order valence-corrected chi connectivity index (χ1v) is 8.87. The molecule has 27 heavy (non-hydrogen) atoms. The molecule has 1 aromatic carbocycles. The number of anilines is 2. The van der Waals surface area contributed by atoms with Crippen LogP contribution >= 0.6 is 0 Å². The molecule has 2 aromatic heterocycles. The van der Waals surface area contributed by atoms with Gasteiger partial charge in [0.25, 0.3) is 5.91 Å². The van der Waals surface area contributed by atoms with Crippen LogP contribution in [-0.2, 0) is 0 Å². The number of benzene rings is 1. The lowest BCUT2D eigenvalue weighted by Crippen LogP contribution is -2.30. The van der Waals surface area contributed by atoms with E-state index in [1.54, 1.807) is 47.1 Å². The number of rotatable bonds is 3. The highest BCUT2D eigenvalue weighted by Crippen LogP contribution is 2.17. The van der Waals surface area contributed by atoms with Crippen LogP contribution in [0.1, 0.15) is 22.5 Å². The molecule has 1 aliphatic rings. The van der Waals surface area contributed by atoms with Crippen LogP contribution in [0.4, 0.5) is 11.6 Å². The predicted octanol–water partition coefficient (Wildman–Crippen LogP) is 1.65. The highest BCUT2D eigenvalue weighted by molar-refractivity contribution is 6.04. The first kappa shape index (κ1) is 17.0. The number of nitrogens with one attached hydrogen (secondary N) is 2. The average Bonchev–Trinajstić information content (AvgIpc) is 2.93. The first-order chi connectivity index (χ1) is 13.3. The molecule has 1 aliphatic heterocycles. The molecule has 1 fully saturated rings. The molecule has 0 radical (unpaired) electrons. The summed E-state index contributed by atoms with van der Waals surface area (Å²) in [5.41, 5.74) is 2.03. The van der Waals surface area contributed by atoms with Crippen LogP contribution in [-0.4, -0.2) is 46.7 Å². The molecule has 0 atom stereocenters. The summed E-state index contributed by atoms with van der Waals surface area (Å²) in [5, 5.41) is 19.9. The lowest BCUT2D eigenvalue weighted by atomic mass is 10.2. The maximum Gasteiger partial charge on any atom is 0.274 e. The molecule has 8 heteroatoms. The molecule has 1 saturated heterocycles. The largest absolute Gasteiger partial charge is 0.338 e. The van der Waals surface area contributed by atoms with Crippen LogP contribution < -0.4 is 15.5 Å². The normalized spacial score (nSPS) is 14.6. The summed E-state index contributed by atoms with van der Waals surface area (Å²) in [7, 11) is 0. The Morgan fingerprint density at radius 2 is 2.07 bits per heavy atom. The number of nitrogens with zero attached hydrogens (tertiary/aromatic N) is 5. The highest BCUT2D eigenvalue weighted by atomic mass is 16.2. The second-order valence-electron chi connectivity index (χ2n) is 6.32. The molecule has 3 heterocycles. The molecule has 1 amide bonds. The number of amides is 1. The number of fused-ring (bicyclic) bond motifs is 1. The van der Waals surface area contributed by atoms with E-state index in [2.05, 4.69) is 31.7 Å². The monoisotopic (exact) mass is 361 g/mol. The zero-order valence-electron chi connectivity index (χ0n) is 14.7. The van der Waals surface area contributed by atoms with E-state index in [1.807, 2.05) is 0 Å². The van der Waals surface area contributed by atoms with Crippen LogP contribution in [0.5, 0.6) is 0 Å². The van der Waals surface area contributed by atoms with Crippen molar-refractivity contribution in [2.24, 2.45) is 0 Å². The zero-order valence-corrected chi connectivity index (χ0v) is 14.7. The van der Waals surface area contributed by atoms with Gasteiger partial charge in [0.05, 0.1) is 23.0 Å². The Morgan fingerprint density at radius 3 is 2.96 bits per heavy atom. The van der Waals surface area contributed by atoms with Gasteiger partial charge in [-0.2, -0.15) is 5.26 Å². The second kappa shape index (κ2) is 7.43. The van der Waals surface area contributed by atoms with Crippen molar-refractivity contribution in [1.82, 2.24) is 19.9 Å². The lowest BCUT2D eigenvalue weighted by Gasteiger charge is -2.19.